The minimum absolute atomic E-state index is 0.0649. The summed E-state index contributed by atoms with van der Waals surface area (Å²) in [4.78, 5) is 0. The van der Waals surface area contributed by atoms with Crippen LogP contribution < -0.4 is 0 Å². The first-order valence-corrected chi connectivity index (χ1v) is 4.63. The minimum atomic E-state index is -0.0649. The predicted molar refractivity (Wildman–Crippen MR) is 47.2 cm³/mol. The lowest BCUT2D eigenvalue weighted by Crippen LogP contribution is -2.14. The molecule has 0 aromatic heterocycles. The Labute approximate surface area is 72.0 Å². The Morgan fingerprint density at radius 3 is 2.67 bits per heavy atom. The van der Waals surface area contributed by atoms with Gasteiger partial charge in [0.25, 0.3) is 0 Å². The van der Waals surface area contributed by atoms with Gasteiger partial charge in [-0.15, -0.1) is 0 Å². The van der Waals surface area contributed by atoms with Gasteiger partial charge in [0.1, 0.15) is 0 Å². The summed E-state index contributed by atoms with van der Waals surface area (Å²) in [6.45, 7) is 0. The Balaban J connectivity index is 2.17. The average Bonchev–Trinajstić information content (AvgIpc) is 2.62. The molecule has 0 saturated heterocycles. The van der Waals surface area contributed by atoms with Crippen LogP contribution in [0.5, 0.6) is 0 Å². The molecule has 0 heterocycles. The summed E-state index contributed by atoms with van der Waals surface area (Å²) in [6.07, 6.45) is 2.10. The summed E-state index contributed by atoms with van der Waals surface area (Å²) >= 11 is 0. The van der Waals surface area contributed by atoms with Crippen LogP contribution >= 0.6 is 0 Å². The van der Waals surface area contributed by atoms with E-state index in [0.717, 1.165) is 6.42 Å². The van der Waals surface area contributed by atoms with E-state index in [4.69, 9.17) is 0 Å². The smallest absolute Gasteiger partial charge is 0.0614 e. The molecule has 12 heavy (non-hydrogen) atoms. The monoisotopic (exact) mass is 160 g/mol. The molecule has 2 aliphatic rings. The van der Waals surface area contributed by atoms with Gasteiger partial charge in [0.15, 0.2) is 0 Å². The quantitative estimate of drug-likeness (QED) is 0.615. The van der Waals surface area contributed by atoms with Crippen LogP contribution in [0.3, 0.4) is 0 Å². The van der Waals surface area contributed by atoms with Crippen molar-refractivity contribution in [1.29, 1.82) is 0 Å². The van der Waals surface area contributed by atoms with Crippen LogP contribution in [0.2, 0.25) is 0 Å². The summed E-state index contributed by atoms with van der Waals surface area (Å²) in [5.41, 5.74) is 2.90. The van der Waals surface area contributed by atoms with Crippen molar-refractivity contribution in [2.45, 2.75) is 30.8 Å². The van der Waals surface area contributed by atoms with E-state index in [2.05, 4.69) is 24.3 Å². The van der Waals surface area contributed by atoms with Gasteiger partial charge in [-0.2, -0.15) is 0 Å². The second-order valence-corrected chi connectivity index (χ2v) is 3.97. The Bertz CT molecular complexity index is 319. The van der Waals surface area contributed by atoms with Crippen LogP contribution in [0.4, 0.5) is 0 Å². The molecule has 0 radical (unpaired) electrons. The maximum atomic E-state index is 9.67. The lowest BCUT2D eigenvalue weighted by molar-refractivity contribution is 0.158. The van der Waals surface area contributed by atoms with Gasteiger partial charge in [0, 0.05) is 5.92 Å². The highest BCUT2D eigenvalue weighted by Gasteiger charge is 2.42. The molecule has 0 aliphatic heterocycles. The number of hydrogen-bond acceptors (Lipinski definition) is 1. The van der Waals surface area contributed by atoms with Crippen LogP contribution in [0, 0.1) is 0 Å². The van der Waals surface area contributed by atoms with Crippen molar-refractivity contribution >= 4 is 0 Å². The Kier molecular flexibility index (Phi) is 1.17. The van der Waals surface area contributed by atoms with Crippen molar-refractivity contribution < 1.29 is 5.11 Å². The van der Waals surface area contributed by atoms with Crippen LogP contribution in [-0.4, -0.2) is 11.2 Å². The third kappa shape index (κ3) is 0.674. The van der Waals surface area contributed by atoms with Crippen molar-refractivity contribution in [2.75, 3.05) is 0 Å². The lowest BCUT2D eigenvalue weighted by atomic mass is 9.90. The van der Waals surface area contributed by atoms with Crippen LogP contribution in [0.25, 0.3) is 0 Å². The molecule has 1 nitrogen and oxygen atoms in total. The lowest BCUT2D eigenvalue weighted by Gasteiger charge is -2.19. The Morgan fingerprint density at radius 1 is 1.08 bits per heavy atom. The minimum Gasteiger partial charge on any atom is -0.392 e. The summed E-state index contributed by atoms with van der Waals surface area (Å²) in [6, 6.07) is 8.56. The van der Waals surface area contributed by atoms with E-state index < -0.39 is 0 Å². The highest BCUT2D eigenvalue weighted by Crippen LogP contribution is 2.52. The first kappa shape index (κ1) is 6.67. The number of hydrogen-bond donors (Lipinski definition) is 1. The number of aliphatic hydroxyl groups is 1. The molecule has 1 fully saturated rings. The first-order valence-electron chi connectivity index (χ1n) is 4.63. The van der Waals surface area contributed by atoms with Gasteiger partial charge in [-0.05, 0) is 29.9 Å². The number of aliphatic hydroxyl groups excluding tert-OH is 1. The molecule has 0 amide bonds. The standard InChI is InChI=1S/C11H12O/c12-11-6-7-5-10(11)9-4-2-1-3-8(7)9/h1-4,7,10-12H,5-6H2/t7-,10-,11?/m0/s1. The summed E-state index contributed by atoms with van der Waals surface area (Å²) < 4.78 is 0. The number of fused-ring (bicyclic) bond motifs is 5. The molecular formula is C11H12O. The van der Waals surface area contributed by atoms with E-state index in [1.54, 1.807) is 0 Å². The highest BCUT2D eigenvalue weighted by molar-refractivity contribution is 5.42. The van der Waals surface area contributed by atoms with E-state index >= 15 is 0 Å². The predicted octanol–water partition coefficient (Wildman–Crippen LogP) is 2.02. The Hall–Kier alpha value is -0.820. The molecule has 0 spiro atoms. The van der Waals surface area contributed by atoms with Crippen LogP contribution in [0.1, 0.15) is 35.8 Å². The molecule has 1 N–H and O–H groups in total. The molecule has 3 atom stereocenters. The second-order valence-electron chi connectivity index (χ2n) is 3.97. The normalized spacial score (nSPS) is 36.9. The summed E-state index contributed by atoms with van der Waals surface area (Å²) in [5.74, 6) is 1.10. The summed E-state index contributed by atoms with van der Waals surface area (Å²) in [7, 11) is 0. The zero-order chi connectivity index (χ0) is 8.13. The maximum absolute atomic E-state index is 9.67. The Morgan fingerprint density at radius 2 is 1.83 bits per heavy atom. The number of benzene rings is 1. The molecule has 2 bridgehead atoms. The first-order chi connectivity index (χ1) is 5.86. The van der Waals surface area contributed by atoms with E-state index in [9.17, 15) is 5.11 Å². The van der Waals surface area contributed by atoms with Crippen LogP contribution in [0.15, 0.2) is 24.3 Å². The zero-order valence-corrected chi connectivity index (χ0v) is 6.90. The van der Waals surface area contributed by atoms with Gasteiger partial charge in [-0.25, -0.2) is 0 Å². The third-order valence-electron chi connectivity index (χ3n) is 3.36. The van der Waals surface area contributed by atoms with E-state index in [1.807, 2.05) is 0 Å². The zero-order valence-electron chi connectivity index (χ0n) is 6.90. The van der Waals surface area contributed by atoms with Crippen molar-refractivity contribution in [3.63, 3.8) is 0 Å². The SMILES string of the molecule is OC1C[C@@H]2C[C@H]1c1ccccc12. The van der Waals surface area contributed by atoms with Gasteiger partial charge < -0.3 is 5.11 Å². The van der Waals surface area contributed by atoms with E-state index in [0.29, 0.717) is 11.8 Å². The van der Waals surface area contributed by atoms with Gasteiger partial charge in [-0.3, -0.25) is 0 Å². The molecular weight excluding hydrogens is 148 g/mol. The van der Waals surface area contributed by atoms with Crippen molar-refractivity contribution in [2.24, 2.45) is 0 Å². The third-order valence-corrected chi connectivity index (χ3v) is 3.36. The van der Waals surface area contributed by atoms with E-state index in [1.165, 1.54) is 17.5 Å². The maximum Gasteiger partial charge on any atom is 0.0614 e. The molecule has 3 rings (SSSR count). The highest BCUT2D eigenvalue weighted by atomic mass is 16.3. The van der Waals surface area contributed by atoms with Gasteiger partial charge in [-0.1, -0.05) is 24.3 Å². The molecule has 1 heteroatoms. The molecule has 1 aromatic rings. The number of rotatable bonds is 0. The summed E-state index contributed by atoms with van der Waals surface area (Å²) in [5, 5.41) is 9.67. The topological polar surface area (TPSA) is 20.2 Å². The second kappa shape index (κ2) is 2.11. The fraction of sp³-hybridized carbons (Fsp3) is 0.455. The fourth-order valence-electron chi connectivity index (χ4n) is 2.82. The van der Waals surface area contributed by atoms with Crippen molar-refractivity contribution in [1.82, 2.24) is 0 Å². The molecule has 2 aliphatic carbocycles. The molecule has 1 unspecified atom stereocenters. The molecule has 1 aromatic carbocycles. The van der Waals surface area contributed by atoms with Crippen molar-refractivity contribution in [3.8, 4) is 0 Å². The molecule has 1 saturated carbocycles. The van der Waals surface area contributed by atoms with Crippen molar-refractivity contribution in [3.05, 3.63) is 35.4 Å². The van der Waals surface area contributed by atoms with Gasteiger partial charge in [0.05, 0.1) is 6.10 Å². The van der Waals surface area contributed by atoms with Crippen LogP contribution in [-0.2, 0) is 0 Å². The average molecular weight is 160 g/mol. The largest absolute Gasteiger partial charge is 0.392 e. The fourth-order valence-corrected chi connectivity index (χ4v) is 2.82. The van der Waals surface area contributed by atoms with E-state index in [-0.39, 0.29) is 6.10 Å². The van der Waals surface area contributed by atoms with Gasteiger partial charge >= 0.3 is 0 Å². The molecule has 62 valence electrons. The van der Waals surface area contributed by atoms with Gasteiger partial charge in [0.2, 0.25) is 0 Å².